The van der Waals surface area contributed by atoms with Gasteiger partial charge in [-0.2, -0.15) is 0 Å². The van der Waals surface area contributed by atoms with Gasteiger partial charge in [0.1, 0.15) is 23.0 Å². The summed E-state index contributed by atoms with van der Waals surface area (Å²) in [5.41, 5.74) is 5.03. The highest BCUT2D eigenvalue weighted by molar-refractivity contribution is 7.29. The maximum atomic E-state index is 6.22. The normalized spacial score (nSPS) is 14.2. The molecule has 6 heterocycles. The van der Waals surface area contributed by atoms with E-state index < -0.39 is 14.2 Å². The van der Waals surface area contributed by atoms with Crippen LogP contribution in [-0.4, -0.2) is 23.4 Å². The van der Waals surface area contributed by atoms with E-state index in [9.17, 15) is 0 Å². The number of para-hydroxylation sites is 4. The van der Waals surface area contributed by atoms with Gasteiger partial charge in [-0.1, -0.05) is 52.0 Å². The van der Waals surface area contributed by atoms with Crippen molar-refractivity contribution in [3.63, 3.8) is 0 Å². The Morgan fingerprint density at radius 1 is 0.545 bits per heavy atom. The molecule has 0 unspecified atom stereocenters. The largest absolute Gasteiger partial charge is 0.643 e. The monoisotopic (exact) mass is 616 g/mol. The zero-order valence-corrected chi connectivity index (χ0v) is 26.6. The second-order valence-corrected chi connectivity index (χ2v) is 14.8. The number of rotatable bonds is 6. The highest BCUT2D eigenvalue weighted by Gasteiger charge is 2.38. The molecule has 6 nitrogen and oxygen atoms in total. The van der Waals surface area contributed by atoms with Gasteiger partial charge in [0.05, 0.1) is 41.0 Å². The Hall–Kier alpha value is -4.01. The first-order valence-electron chi connectivity index (χ1n) is 15.3. The van der Waals surface area contributed by atoms with Crippen LogP contribution in [-0.2, 0) is 13.1 Å². The van der Waals surface area contributed by atoms with Crippen LogP contribution in [0.2, 0.25) is 0 Å². The fourth-order valence-corrected chi connectivity index (χ4v) is 8.91. The SMILES string of the molecule is CC(C)Cn1c2cc3c4sc(B5Oc6ccccc6O5)cc4n(CC(C)C)c3cc2c2sc(B3Oc4ccccc4O3)cc21. The summed E-state index contributed by atoms with van der Waals surface area (Å²) in [5.74, 6) is 4.19. The van der Waals surface area contributed by atoms with Gasteiger partial charge in [0.2, 0.25) is 0 Å². The lowest BCUT2D eigenvalue weighted by Gasteiger charge is -2.12. The molecule has 9 rings (SSSR count). The van der Waals surface area contributed by atoms with Gasteiger partial charge in [-0.3, -0.25) is 0 Å². The van der Waals surface area contributed by atoms with E-state index in [4.69, 9.17) is 18.6 Å². The van der Waals surface area contributed by atoms with Crippen molar-refractivity contribution in [3.05, 3.63) is 72.8 Å². The molecule has 0 bridgehead atoms. The van der Waals surface area contributed by atoms with Crippen LogP contribution in [0.5, 0.6) is 23.0 Å². The fourth-order valence-electron chi connectivity index (χ4n) is 6.62. The van der Waals surface area contributed by atoms with Crippen LogP contribution >= 0.6 is 22.7 Å². The summed E-state index contributed by atoms with van der Waals surface area (Å²) in [6, 6.07) is 25.2. The molecule has 0 spiro atoms. The average Bonchev–Trinajstić information content (AvgIpc) is 3.83. The summed E-state index contributed by atoms with van der Waals surface area (Å²) in [6.07, 6.45) is 0. The number of hydrogen-bond acceptors (Lipinski definition) is 6. The second-order valence-electron chi connectivity index (χ2n) is 12.7. The van der Waals surface area contributed by atoms with Crippen LogP contribution in [0.25, 0.3) is 42.2 Å². The first kappa shape index (κ1) is 26.4. The molecule has 4 aromatic heterocycles. The summed E-state index contributed by atoms with van der Waals surface area (Å²) < 4.78 is 34.6. The molecular formula is C34H30B2N2O4S2. The lowest BCUT2D eigenvalue weighted by molar-refractivity contribution is 0.519. The third-order valence-corrected chi connectivity index (χ3v) is 10.8. The van der Waals surface area contributed by atoms with Gasteiger partial charge >= 0.3 is 14.2 Å². The minimum Gasteiger partial charge on any atom is -0.519 e. The predicted molar refractivity (Wildman–Crippen MR) is 184 cm³/mol. The summed E-state index contributed by atoms with van der Waals surface area (Å²) in [7, 11) is -0.841. The van der Waals surface area contributed by atoms with Gasteiger partial charge in [-0.25, -0.2) is 0 Å². The molecule has 0 radical (unpaired) electrons. The van der Waals surface area contributed by atoms with Crippen LogP contribution in [0.4, 0.5) is 0 Å². The van der Waals surface area contributed by atoms with Crippen LogP contribution < -0.4 is 28.2 Å². The van der Waals surface area contributed by atoms with Crippen molar-refractivity contribution < 1.29 is 18.6 Å². The Bertz CT molecular complexity index is 2040. The molecule has 0 N–H and O–H groups in total. The van der Waals surface area contributed by atoms with E-state index in [1.165, 1.54) is 42.2 Å². The molecule has 2 aliphatic heterocycles. The Morgan fingerprint density at radius 2 is 0.909 bits per heavy atom. The Balaban J connectivity index is 1.21. The zero-order valence-electron chi connectivity index (χ0n) is 25.0. The number of hydrogen-bond donors (Lipinski definition) is 0. The molecule has 218 valence electrons. The molecule has 0 fully saturated rings. The molecule has 0 saturated heterocycles. The highest BCUT2D eigenvalue weighted by Crippen LogP contribution is 2.42. The van der Waals surface area contributed by atoms with Crippen molar-refractivity contribution in [3.8, 4) is 23.0 Å². The fraction of sp³-hybridized carbons (Fsp3) is 0.235. The summed E-state index contributed by atoms with van der Waals surface area (Å²) >= 11 is 3.57. The van der Waals surface area contributed by atoms with E-state index in [1.54, 1.807) is 22.7 Å². The highest BCUT2D eigenvalue weighted by atomic mass is 32.1. The topological polar surface area (TPSA) is 46.8 Å². The van der Waals surface area contributed by atoms with E-state index in [0.717, 1.165) is 45.6 Å². The van der Waals surface area contributed by atoms with Gasteiger partial charge in [0, 0.05) is 23.9 Å². The van der Waals surface area contributed by atoms with Crippen molar-refractivity contribution in [1.82, 2.24) is 9.13 Å². The van der Waals surface area contributed by atoms with Crippen molar-refractivity contribution in [2.45, 2.75) is 40.8 Å². The van der Waals surface area contributed by atoms with Gasteiger partial charge in [0.15, 0.2) is 0 Å². The number of nitrogens with zero attached hydrogens (tertiary/aromatic N) is 2. The van der Waals surface area contributed by atoms with Gasteiger partial charge in [-0.05, 0) is 60.4 Å². The molecule has 7 aromatic rings. The maximum Gasteiger partial charge on any atom is 0.643 e. The van der Waals surface area contributed by atoms with E-state index in [1.807, 2.05) is 48.5 Å². The number of benzene rings is 3. The minimum atomic E-state index is -0.421. The summed E-state index contributed by atoms with van der Waals surface area (Å²) in [4.78, 5) is 0. The quantitative estimate of drug-likeness (QED) is 0.180. The third kappa shape index (κ3) is 4.00. The van der Waals surface area contributed by atoms with E-state index in [2.05, 4.69) is 61.1 Å². The Labute approximate surface area is 264 Å². The van der Waals surface area contributed by atoms with Crippen molar-refractivity contribution in [1.29, 1.82) is 0 Å². The Morgan fingerprint density at radius 3 is 1.25 bits per heavy atom. The standard InChI is InChI=1S/C34H30B2N2O4S2/c1-19(2)17-37-23-13-22-24(14-21(23)33-25(37)15-31(43-33)35-39-27-9-5-6-10-28(27)40-35)38(18-20(3)4)26-16-32(44-34(22)26)36-41-29-11-7-8-12-30(29)42-36/h5-16,19-20H,17-18H2,1-4H3. The first-order valence-corrected chi connectivity index (χ1v) is 16.9. The number of fused-ring (bicyclic) bond motifs is 8. The maximum absolute atomic E-state index is 6.22. The predicted octanol–water partition coefficient (Wildman–Crippen LogP) is 7.67. The number of thiophene rings is 2. The molecular weight excluding hydrogens is 586 g/mol. The van der Waals surface area contributed by atoms with Crippen LogP contribution in [0.3, 0.4) is 0 Å². The average molecular weight is 616 g/mol. The van der Waals surface area contributed by atoms with Gasteiger partial charge in [-0.15, -0.1) is 22.7 Å². The van der Waals surface area contributed by atoms with E-state index in [-0.39, 0.29) is 0 Å². The third-order valence-electron chi connectivity index (χ3n) is 8.42. The van der Waals surface area contributed by atoms with Crippen LogP contribution in [0.1, 0.15) is 27.7 Å². The van der Waals surface area contributed by atoms with Crippen molar-refractivity contribution in [2.75, 3.05) is 0 Å². The molecule has 3 aromatic carbocycles. The molecule has 0 amide bonds. The van der Waals surface area contributed by atoms with E-state index in [0.29, 0.717) is 11.8 Å². The molecule has 2 aliphatic rings. The van der Waals surface area contributed by atoms with Gasteiger partial charge < -0.3 is 27.8 Å². The second kappa shape index (κ2) is 9.74. The minimum absolute atomic E-state index is 0.421. The molecule has 0 atom stereocenters. The zero-order chi connectivity index (χ0) is 29.7. The lowest BCUT2D eigenvalue weighted by Crippen LogP contribution is -2.36. The first-order chi connectivity index (χ1) is 21.4. The van der Waals surface area contributed by atoms with E-state index >= 15 is 0 Å². The van der Waals surface area contributed by atoms with Crippen LogP contribution in [0, 0.1) is 11.8 Å². The van der Waals surface area contributed by atoms with Crippen molar-refractivity contribution >= 4 is 88.7 Å². The molecule has 44 heavy (non-hydrogen) atoms. The van der Waals surface area contributed by atoms with Crippen molar-refractivity contribution in [2.24, 2.45) is 11.8 Å². The molecule has 0 aliphatic carbocycles. The lowest BCUT2D eigenvalue weighted by atomic mass is 9.88. The number of aromatic nitrogens is 2. The molecule has 0 saturated carbocycles. The summed E-state index contributed by atoms with van der Waals surface area (Å²) in [6.45, 7) is 11.0. The molecule has 10 heteroatoms. The van der Waals surface area contributed by atoms with Crippen LogP contribution in [0.15, 0.2) is 72.8 Å². The summed E-state index contributed by atoms with van der Waals surface area (Å²) in [5, 5.41) is 2.57. The van der Waals surface area contributed by atoms with Gasteiger partial charge in [0.25, 0.3) is 0 Å². The smallest absolute Gasteiger partial charge is 0.519 e. The Kier molecular flexibility index (Phi) is 5.85.